The Morgan fingerprint density at radius 3 is 2.35 bits per heavy atom. The van der Waals surface area contributed by atoms with Crippen LogP contribution in [0.25, 0.3) is 0 Å². The molecule has 0 radical (unpaired) electrons. The van der Waals surface area contributed by atoms with Gasteiger partial charge in [-0.3, -0.25) is 0 Å². The van der Waals surface area contributed by atoms with E-state index in [1.807, 2.05) is 6.92 Å². The first-order valence-electron chi connectivity index (χ1n) is 6.68. The van der Waals surface area contributed by atoms with Gasteiger partial charge in [0.15, 0.2) is 0 Å². The summed E-state index contributed by atoms with van der Waals surface area (Å²) in [6, 6.07) is 4.33. The van der Waals surface area contributed by atoms with Gasteiger partial charge in [-0.1, -0.05) is 6.42 Å². The van der Waals surface area contributed by atoms with Gasteiger partial charge in [0.25, 0.3) is 0 Å². The third-order valence-corrected chi connectivity index (χ3v) is 6.66. The van der Waals surface area contributed by atoms with E-state index in [0.717, 1.165) is 33.9 Å². The monoisotopic (exact) mass is 423 g/mol. The number of hydrogen-bond donors (Lipinski definition) is 1. The average Bonchev–Trinajstić information content (AvgIpc) is 2.33. The molecule has 0 spiro atoms. The fraction of sp³-hybridized carbons (Fsp3) is 0.571. The van der Waals surface area contributed by atoms with Crippen LogP contribution in [0.2, 0.25) is 0 Å². The highest BCUT2D eigenvalue weighted by molar-refractivity contribution is 9.11. The van der Waals surface area contributed by atoms with E-state index in [4.69, 9.17) is 0 Å². The van der Waals surface area contributed by atoms with Crippen LogP contribution in [0, 0.1) is 6.92 Å². The normalized spacial score (nSPS) is 23.6. The minimum Gasteiger partial charge on any atom is -0.380 e. The quantitative estimate of drug-likeness (QED) is 0.787. The van der Waals surface area contributed by atoms with Gasteiger partial charge in [-0.25, -0.2) is 8.42 Å². The van der Waals surface area contributed by atoms with Crippen LogP contribution in [-0.2, 0) is 9.84 Å². The number of anilines is 1. The molecule has 3 nitrogen and oxygen atoms in total. The summed E-state index contributed by atoms with van der Waals surface area (Å²) in [5.41, 5.74) is 2.18. The van der Waals surface area contributed by atoms with Gasteiger partial charge in [0.05, 0.1) is 10.9 Å². The van der Waals surface area contributed by atoms with E-state index in [0.29, 0.717) is 6.42 Å². The van der Waals surface area contributed by atoms with Crippen molar-refractivity contribution in [1.29, 1.82) is 0 Å². The van der Waals surface area contributed by atoms with E-state index in [9.17, 15) is 8.42 Å². The summed E-state index contributed by atoms with van der Waals surface area (Å²) in [5.74, 6) is 0. The molecular formula is C14H19Br2NO2S. The van der Waals surface area contributed by atoms with Crippen molar-refractivity contribution in [3.05, 3.63) is 26.6 Å². The maximum absolute atomic E-state index is 11.7. The zero-order chi connectivity index (χ0) is 14.9. The Kier molecular flexibility index (Phi) is 5.19. The second-order valence-corrected chi connectivity index (χ2v) is 9.60. The number of halogens is 2. The van der Waals surface area contributed by atoms with Crippen LogP contribution in [0.5, 0.6) is 0 Å². The molecule has 1 saturated carbocycles. The average molecular weight is 425 g/mol. The lowest BCUT2D eigenvalue weighted by molar-refractivity contribution is 0.452. The van der Waals surface area contributed by atoms with E-state index < -0.39 is 9.84 Å². The van der Waals surface area contributed by atoms with Crippen molar-refractivity contribution in [2.24, 2.45) is 0 Å². The molecule has 1 aromatic rings. The van der Waals surface area contributed by atoms with Crippen LogP contribution >= 0.6 is 31.9 Å². The van der Waals surface area contributed by atoms with Crippen LogP contribution in [0.4, 0.5) is 5.69 Å². The SMILES string of the molecule is Cc1cc(Br)c(NC2CCCC(S(C)(=O)=O)C2)c(Br)c1. The second-order valence-electron chi connectivity index (χ2n) is 5.56. The highest BCUT2D eigenvalue weighted by Gasteiger charge is 2.29. The lowest BCUT2D eigenvalue weighted by Crippen LogP contribution is -2.34. The summed E-state index contributed by atoms with van der Waals surface area (Å²) in [5, 5.41) is 3.28. The smallest absolute Gasteiger partial charge is 0.150 e. The van der Waals surface area contributed by atoms with Crippen LogP contribution in [0.1, 0.15) is 31.2 Å². The van der Waals surface area contributed by atoms with Crippen LogP contribution in [-0.4, -0.2) is 26.0 Å². The molecule has 20 heavy (non-hydrogen) atoms. The van der Waals surface area contributed by atoms with Crippen LogP contribution in [0.15, 0.2) is 21.1 Å². The molecule has 0 saturated heterocycles. The highest BCUT2D eigenvalue weighted by atomic mass is 79.9. The molecule has 0 amide bonds. The van der Waals surface area contributed by atoms with Gasteiger partial charge in [0.1, 0.15) is 9.84 Å². The van der Waals surface area contributed by atoms with Crippen molar-refractivity contribution in [2.45, 2.75) is 43.9 Å². The maximum atomic E-state index is 11.7. The summed E-state index contributed by atoms with van der Waals surface area (Å²) in [4.78, 5) is 0. The molecule has 6 heteroatoms. The summed E-state index contributed by atoms with van der Waals surface area (Å²) >= 11 is 7.14. The molecular weight excluding hydrogens is 406 g/mol. The Morgan fingerprint density at radius 1 is 1.20 bits per heavy atom. The Morgan fingerprint density at radius 2 is 1.80 bits per heavy atom. The van der Waals surface area contributed by atoms with Gasteiger partial charge in [-0.2, -0.15) is 0 Å². The molecule has 2 rings (SSSR count). The number of benzene rings is 1. The summed E-state index contributed by atoms with van der Waals surface area (Å²) in [6.45, 7) is 2.04. The van der Waals surface area contributed by atoms with E-state index >= 15 is 0 Å². The zero-order valence-corrected chi connectivity index (χ0v) is 15.6. The fourth-order valence-electron chi connectivity index (χ4n) is 2.71. The van der Waals surface area contributed by atoms with Crippen molar-refractivity contribution in [3.63, 3.8) is 0 Å². The first-order chi connectivity index (χ1) is 9.27. The second kappa shape index (κ2) is 6.36. The molecule has 1 aliphatic rings. The summed E-state index contributed by atoms with van der Waals surface area (Å²) in [6.07, 6.45) is 4.78. The van der Waals surface area contributed by atoms with Gasteiger partial charge in [-0.15, -0.1) is 0 Å². The lowest BCUT2D eigenvalue weighted by Gasteiger charge is -2.30. The lowest BCUT2D eigenvalue weighted by atomic mass is 9.94. The number of hydrogen-bond acceptors (Lipinski definition) is 3. The third-order valence-electron chi connectivity index (χ3n) is 3.77. The van der Waals surface area contributed by atoms with Crippen molar-refractivity contribution in [1.82, 2.24) is 0 Å². The van der Waals surface area contributed by atoms with Crippen molar-refractivity contribution < 1.29 is 8.42 Å². The molecule has 0 bridgehead atoms. The van der Waals surface area contributed by atoms with Gasteiger partial charge >= 0.3 is 0 Å². The van der Waals surface area contributed by atoms with Crippen molar-refractivity contribution in [2.75, 3.05) is 11.6 Å². The molecule has 2 atom stereocenters. The third kappa shape index (κ3) is 3.98. The van der Waals surface area contributed by atoms with Crippen LogP contribution in [0.3, 0.4) is 0 Å². The predicted octanol–water partition coefficient (Wildman–Crippen LogP) is 4.29. The van der Waals surface area contributed by atoms with Gasteiger partial charge in [0, 0.05) is 21.2 Å². The number of sulfone groups is 1. The predicted molar refractivity (Wildman–Crippen MR) is 91.1 cm³/mol. The van der Waals surface area contributed by atoms with E-state index in [2.05, 4.69) is 49.3 Å². The number of rotatable bonds is 3. The van der Waals surface area contributed by atoms with Gasteiger partial charge < -0.3 is 5.32 Å². The molecule has 0 heterocycles. The Bertz CT molecular complexity index is 578. The van der Waals surface area contributed by atoms with Gasteiger partial charge in [-0.05, 0) is 75.7 Å². The summed E-state index contributed by atoms with van der Waals surface area (Å²) < 4.78 is 25.4. The molecule has 2 unspecified atom stereocenters. The molecule has 112 valence electrons. The Hall–Kier alpha value is -0.0700. The molecule has 1 N–H and O–H groups in total. The number of aryl methyl sites for hydroxylation is 1. The first kappa shape index (κ1) is 16.3. The highest BCUT2D eigenvalue weighted by Crippen LogP contribution is 2.35. The van der Waals surface area contributed by atoms with E-state index in [1.54, 1.807) is 0 Å². The van der Waals surface area contributed by atoms with Crippen molar-refractivity contribution in [3.8, 4) is 0 Å². The fourth-order valence-corrected chi connectivity index (χ4v) is 5.53. The molecule has 0 aliphatic heterocycles. The Balaban J connectivity index is 2.14. The van der Waals surface area contributed by atoms with Gasteiger partial charge in [0.2, 0.25) is 0 Å². The van der Waals surface area contributed by atoms with E-state index in [1.165, 1.54) is 11.8 Å². The minimum atomic E-state index is -2.94. The minimum absolute atomic E-state index is 0.207. The number of nitrogens with one attached hydrogen (secondary N) is 1. The molecule has 1 aliphatic carbocycles. The molecule has 1 aromatic carbocycles. The first-order valence-corrected chi connectivity index (χ1v) is 10.2. The van der Waals surface area contributed by atoms with E-state index in [-0.39, 0.29) is 11.3 Å². The zero-order valence-electron chi connectivity index (χ0n) is 11.6. The molecule has 1 fully saturated rings. The van der Waals surface area contributed by atoms with Crippen LogP contribution < -0.4 is 5.32 Å². The maximum Gasteiger partial charge on any atom is 0.150 e. The standard InChI is InChI=1S/C14H19Br2NO2S/c1-9-6-12(15)14(13(16)7-9)17-10-4-3-5-11(8-10)20(2,18)19/h6-7,10-11,17H,3-5,8H2,1-2H3. The largest absolute Gasteiger partial charge is 0.380 e. The molecule has 0 aromatic heterocycles. The summed E-state index contributed by atoms with van der Waals surface area (Å²) in [7, 11) is -2.94. The van der Waals surface area contributed by atoms with Crippen molar-refractivity contribution >= 4 is 47.4 Å². The topological polar surface area (TPSA) is 46.2 Å². The Labute approximate surface area is 137 Å².